The molecule has 0 aromatic heterocycles. The summed E-state index contributed by atoms with van der Waals surface area (Å²) in [5.41, 5.74) is 0. The first-order valence-corrected chi connectivity index (χ1v) is 5.94. The largest absolute Gasteiger partial charge is 0.394 e. The predicted molar refractivity (Wildman–Crippen MR) is 61.9 cm³/mol. The standard InChI is InChI=1S/C6H14O4.C5H10O2/c7-1-3-9-5-6-10-4-2-8;6-4-5-2-1-3-7-5/h7-8H,1-6H2;5-6H,1-4H2. The number of hydrogen-bond donors (Lipinski definition) is 3. The van der Waals surface area contributed by atoms with Gasteiger partial charge >= 0.3 is 0 Å². The third-order valence-corrected chi connectivity index (χ3v) is 2.07. The molecule has 0 aromatic rings. The van der Waals surface area contributed by atoms with E-state index < -0.39 is 0 Å². The number of aliphatic hydroxyl groups is 3. The van der Waals surface area contributed by atoms with Gasteiger partial charge in [-0.1, -0.05) is 0 Å². The first-order chi connectivity index (χ1) is 8.35. The van der Waals surface area contributed by atoms with Gasteiger partial charge in [0.05, 0.1) is 52.4 Å². The smallest absolute Gasteiger partial charge is 0.0806 e. The number of aliphatic hydroxyl groups excluding tert-OH is 3. The molecule has 0 aliphatic carbocycles. The van der Waals surface area contributed by atoms with E-state index in [2.05, 4.69) is 0 Å². The molecule has 0 radical (unpaired) electrons. The quantitative estimate of drug-likeness (QED) is 0.488. The first kappa shape index (κ1) is 16.8. The third-order valence-electron chi connectivity index (χ3n) is 2.07. The Balaban J connectivity index is 0.000000318. The molecule has 1 aliphatic rings. The molecule has 104 valence electrons. The molecule has 1 atom stereocenters. The molecule has 6 nitrogen and oxygen atoms in total. The zero-order valence-electron chi connectivity index (χ0n) is 10.2. The second-order valence-electron chi connectivity index (χ2n) is 3.49. The van der Waals surface area contributed by atoms with Gasteiger partial charge in [0.1, 0.15) is 0 Å². The van der Waals surface area contributed by atoms with Gasteiger partial charge < -0.3 is 29.5 Å². The van der Waals surface area contributed by atoms with Gasteiger partial charge in [0.2, 0.25) is 0 Å². The van der Waals surface area contributed by atoms with Crippen LogP contribution in [0, 0.1) is 0 Å². The summed E-state index contributed by atoms with van der Waals surface area (Å²) < 4.78 is 14.8. The highest BCUT2D eigenvalue weighted by atomic mass is 16.5. The highest BCUT2D eigenvalue weighted by Gasteiger charge is 2.12. The zero-order chi connectivity index (χ0) is 12.8. The summed E-state index contributed by atoms with van der Waals surface area (Å²) in [6.45, 7) is 2.76. The Morgan fingerprint density at radius 2 is 1.53 bits per heavy atom. The monoisotopic (exact) mass is 252 g/mol. The molecule has 0 bridgehead atoms. The molecule has 3 N–H and O–H groups in total. The summed E-state index contributed by atoms with van der Waals surface area (Å²) in [6.07, 6.45) is 2.31. The molecule has 1 rings (SSSR count). The van der Waals surface area contributed by atoms with Crippen LogP contribution in [0.1, 0.15) is 12.8 Å². The van der Waals surface area contributed by atoms with Crippen LogP contribution in [0.2, 0.25) is 0 Å². The van der Waals surface area contributed by atoms with Gasteiger partial charge in [-0.15, -0.1) is 0 Å². The molecule has 0 saturated carbocycles. The van der Waals surface area contributed by atoms with Crippen LogP contribution in [0.4, 0.5) is 0 Å². The zero-order valence-corrected chi connectivity index (χ0v) is 10.2. The maximum Gasteiger partial charge on any atom is 0.0806 e. The van der Waals surface area contributed by atoms with Crippen molar-refractivity contribution in [1.82, 2.24) is 0 Å². The van der Waals surface area contributed by atoms with Gasteiger partial charge in [-0.05, 0) is 12.8 Å². The van der Waals surface area contributed by atoms with E-state index in [-0.39, 0.29) is 25.9 Å². The minimum absolute atomic E-state index is 0.0417. The van der Waals surface area contributed by atoms with E-state index in [4.69, 9.17) is 29.5 Å². The molecule has 1 saturated heterocycles. The van der Waals surface area contributed by atoms with Crippen molar-refractivity contribution in [2.24, 2.45) is 0 Å². The Morgan fingerprint density at radius 1 is 0.941 bits per heavy atom. The third kappa shape index (κ3) is 12.0. The fraction of sp³-hybridized carbons (Fsp3) is 1.00. The van der Waals surface area contributed by atoms with Gasteiger partial charge in [-0.25, -0.2) is 0 Å². The Labute approximate surface area is 102 Å². The Kier molecular flexibility index (Phi) is 13.6. The van der Waals surface area contributed by atoms with Crippen molar-refractivity contribution in [3.05, 3.63) is 0 Å². The van der Waals surface area contributed by atoms with E-state index in [1.165, 1.54) is 0 Å². The Hall–Kier alpha value is -0.240. The van der Waals surface area contributed by atoms with Crippen LogP contribution in [0.15, 0.2) is 0 Å². The summed E-state index contributed by atoms with van der Waals surface area (Å²) >= 11 is 0. The molecule has 1 unspecified atom stereocenters. The first-order valence-electron chi connectivity index (χ1n) is 5.94. The summed E-state index contributed by atoms with van der Waals surface area (Å²) in [4.78, 5) is 0. The van der Waals surface area contributed by atoms with E-state index in [0.717, 1.165) is 19.4 Å². The van der Waals surface area contributed by atoms with Gasteiger partial charge in [0.15, 0.2) is 0 Å². The highest BCUT2D eigenvalue weighted by Crippen LogP contribution is 2.09. The van der Waals surface area contributed by atoms with Gasteiger partial charge in [-0.3, -0.25) is 0 Å². The molecular weight excluding hydrogens is 228 g/mol. The highest BCUT2D eigenvalue weighted by molar-refractivity contribution is 4.61. The summed E-state index contributed by atoms with van der Waals surface area (Å²) in [5.74, 6) is 0. The van der Waals surface area contributed by atoms with E-state index in [1.54, 1.807) is 0 Å². The van der Waals surface area contributed by atoms with Crippen LogP contribution >= 0.6 is 0 Å². The van der Waals surface area contributed by atoms with Crippen molar-refractivity contribution in [3.63, 3.8) is 0 Å². The van der Waals surface area contributed by atoms with Crippen LogP contribution in [-0.2, 0) is 14.2 Å². The fourth-order valence-corrected chi connectivity index (χ4v) is 1.24. The lowest BCUT2D eigenvalue weighted by atomic mass is 10.2. The van der Waals surface area contributed by atoms with E-state index in [9.17, 15) is 0 Å². The average Bonchev–Trinajstić information content (AvgIpc) is 2.87. The molecule has 0 spiro atoms. The van der Waals surface area contributed by atoms with E-state index >= 15 is 0 Å². The summed E-state index contributed by atoms with van der Waals surface area (Å²) in [5, 5.41) is 25.0. The topological polar surface area (TPSA) is 88.4 Å². The number of hydrogen-bond acceptors (Lipinski definition) is 6. The lowest BCUT2D eigenvalue weighted by molar-refractivity contribution is 0.0222. The van der Waals surface area contributed by atoms with E-state index in [0.29, 0.717) is 26.4 Å². The van der Waals surface area contributed by atoms with Crippen LogP contribution in [0.3, 0.4) is 0 Å². The second-order valence-corrected chi connectivity index (χ2v) is 3.49. The normalized spacial score (nSPS) is 18.9. The van der Waals surface area contributed by atoms with Gasteiger partial charge in [0, 0.05) is 6.61 Å². The van der Waals surface area contributed by atoms with Crippen LogP contribution in [0.5, 0.6) is 0 Å². The molecule has 0 aromatic carbocycles. The minimum Gasteiger partial charge on any atom is -0.394 e. The average molecular weight is 252 g/mol. The number of rotatable bonds is 8. The predicted octanol–water partition coefficient (Wildman–Crippen LogP) is -0.838. The molecule has 17 heavy (non-hydrogen) atoms. The molecule has 0 amide bonds. The minimum atomic E-state index is 0.0417. The van der Waals surface area contributed by atoms with Crippen LogP contribution in [0.25, 0.3) is 0 Å². The Morgan fingerprint density at radius 3 is 1.82 bits per heavy atom. The van der Waals surface area contributed by atoms with Crippen molar-refractivity contribution < 1.29 is 29.5 Å². The van der Waals surface area contributed by atoms with Crippen molar-refractivity contribution in [1.29, 1.82) is 0 Å². The maximum atomic E-state index is 8.44. The summed E-state index contributed by atoms with van der Waals surface area (Å²) in [6, 6.07) is 0. The van der Waals surface area contributed by atoms with Gasteiger partial charge in [-0.2, -0.15) is 0 Å². The van der Waals surface area contributed by atoms with Crippen molar-refractivity contribution in [2.75, 3.05) is 52.9 Å². The van der Waals surface area contributed by atoms with Crippen LogP contribution < -0.4 is 0 Å². The maximum absolute atomic E-state index is 8.44. The van der Waals surface area contributed by atoms with Crippen molar-refractivity contribution in [2.45, 2.75) is 18.9 Å². The fourth-order valence-electron chi connectivity index (χ4n) is 1.24. The van der Waals surface area contributed by atoms with Crippen molar-refractivity contribution >= 4 is 0 Å². The lowest BCUT2D eigenvalue weighted by Gasteiger charge is -2.01. The molecule has 6 heteroatoms. The van der Waals surface area contributed by atoms with Crippen molar-refractivity contribution in [3.8, 4) is 0 Å². The second kappa shape index (κ2) is 13.8. The van der Waals surface area contributed by atoms with Crippen LogP contribution in [-0.4, -0.2) is 74.3 Å². The molecule has 1 fully saturated rings. The molecule has 1 aliphatic heterocycles. The molecule has 1 heterocycles. The lowest BCUT2D eigenvalue weighted by Crippen LogP contribution is -2.09. The van der Waals surface area contributed by atoms with E-state index in [1.807, 2.05) is 0 Å². The molecular formula is C11H24O6. The van der Waals surface area contributed by atoms with Gasteiger partial charge in [0.25, 0.3) is 0 Å². The SMILES string of the molecule is OCC1CCCO1.OCCOCCOCCO. The number of ether oxygens (including phenoxy) is 3. The Bertz CT molecular complexity index is 130. The summed E-state index contributed by atoms with van der Waals surface area (Å²) in [7, 11) is 0.